The van der Waals surface area contributed by atoms with E-state index in [1.807, 2.05) is 36.4 Å². The number of hydrogen-bond acceptors (Lipinski definition) is 4. The molecule has 124 valence electrons. The summed E-state index contributed by atoms with van der Waals surface area (Å²) in [4.78, 5) is 0.875. The minimum absolute atomic E-state index is 0.112. The van der Waals surface area contributed by atoms with Crippen LogP contribution in [0, 0.1) is 5.82 Å². The van der Waals surface area contributed by atoms with Crippen LogP contribution in [0.25, 0.3) is 0 Å². The van der Waals surface area contributed by atoms with Crippen LogP contribution >= 0.6 is 12.6 Å². The molecule has 0 radical (unpaired) electrons. The third kappa shape index (κ3) is 5.86. The SMILES string of the molecule is COc1ccccc1S.Fc1ccccc1CC1CNCCO1. The Balaban J connectivity index is 0.000000185. The third-order valence-corrected chi connectivity index (χ3v) is 3.86. The van der Waals surface area contributed by atoms with Crippen molar-refractivity contribution in [2.75, 3.05) is 26.8 Å². The fourth-order valence-corrected chi connectivity index (χ4v) is 2.54. The monoisotopic (exact) mass is 335 g/mol. The van der Waals surface area contributed by atoms with Gasteiger partial charge in [0, 0.05) is 24.4 Å². The molecule has 23 heavy (non-hydrogen) atoms. The lowest BCUT2D eigenvalue weighted by molar-refractivity contribution is 0.0287. The molecule has 1 saturated heterocycles. The normalized spacial score (nSPS) is 17.1. The van der Waals surface area contributed by atoms with Crippen LogP contribution in [0.1, 0.15) is 5.56 Å². The molecule has 1 aliphatic rings. The lowest BCUT2D eigenvalue weighted by atomic mass is 10.1. The Kier molecular flexibility index (Phi) is 7.39. The predicted molar refractivity (Wildman–Crippen MR) is 93.0 cm³/mol. The van der Waals surface area contributed by atoms with Gasteiger partial charge in [0.2, 0.25) is 0 Å². The maximum Gasteiger partial charge on any atom is 0.132 e. The summed E-state index contributed by atoms with van der Waals surface area (Å²) >= 11 is 4.15. The second-order valence-electron chi connectivity index (χ2n) is 5.16. The standard InChI is InChI=1S/C11H14FNO.C7H8OS/c12-11-4-2-1-3-9(11)7-10-8-13-5-6-14-10;1-8-6-4-2-3-5-7(6)9/h1-4,10,13H,5-8H2;2-5,9H,1H3. The summed E-state index contributed by atoms with van der Waals surface area (Å²) < 4.78 is 23.7. The number of methoxy groups -OCH3 is 1. The van der Waals surface area contributed by atoms with Crippen molar-refractivity contribution in [3.63, 3.8) is 0 Å². The minimum Gasteiger partial charge on any atom is -0.496 e. The summed E-state index contributed by atoms with van der Waals surface area (Å²) in [7, 11) is 1.63. The second-order valence-corrected chi connectivity index (χ2v) is 5.65. The number of nitrogens with one attached hydrogen (secondary N) is 1. The highest BCUT2D eigenvalue weighted by molar-refractivity contribution is 7.80. The number of para-hydroxylation sites is 1. The van der Waals surface area contributed by atoms with E-state index in [-0.39, 0.29) is 11.9 Å². The van der Waals surface area contributed by atoms with Crippen molar-refractivity contribution in [3.8, 4) is 5.75 Å². The van der Waals surface area contributed by atoms with Gasteiger partial charge in [-0.3, -0.25) is 0 Å². The fourth-order valence-electron chi connectivity index (χ4n) is 2.29. The van der Waals surface area contributed by atoms with E-state index < -0.39 is 0 Å². The van der Waals surface area contributed by atoms with Crippen molar-refractivity contribution in [3.05, 3.63) is 59.9 Å². The molecule has 2 aromatic carbocycles. The first kappa shape index (κ1) is 17.8. The van der Waals surface area contributed by atoms with Crippen LogP contribution in [-0.2, 0) is 11.2 Å². The lowest BCUT2D eigenvalue weighted by Gasteiger charge is -2.23. The Morgan fingerprint density at radius 2 is 1.96 bits per heavy atom. The van der Waals surface area contributed by atoms with Gasteiger partial charge in [0.05, 0.1) is 19.8 Å². The molecule has 1 fully saturated rings. The molecule has 1 aliphatic heterocycles. The molecule has 5 heteroatoms. The van der Waals surface area contributed by atoms with E-state index in [1.165, 1.54) is 6.07 Å². The average molecular weight is 335 g/mol. The third-order valence-electron chi connectivity index (χ3n) is 3.49. The van der Waals surface area contributed by atoms with Crippen LogP contribution in [0.2, 0.25) is 0 Å². The number of morpholine rings is 1. The Bertz CT molecular complexity index is 603. The van der Waals surface area contributed by atoms with Crippen molar-refractivity contribution in [1.29, 1.82) is 0 Å². The van der Waals surface area contributed by atoms with Crippen LogP contribution in [-0.4, -0.2) is 32.9 Å². The Labute approximate surface area is 142 Å². The van der Waals surface area contributed by atoms with E-state index >= 15 is 0 Å². The molecule has 0 saturated carbocycles. The maximum atomic E-state index is 13.3. The van der Waals surface area contributed by atoms with Gasteiger partial charge < -0.3 is 14.8 Å². The summed E-state index contributed by atoms with van der Waals surface area (Å²) in [6, 6.07) is 14.5. The van der Waals surface area contributed by atoms with E-state index in [1.54, 1.807) is 13.2 Å². The molecule has 1 atom stereocenters. The average Bonchev–Trinajstić information content (AvgIpc) is 2.59. The van der Waals surface area contributed by atoms with Crippen molar-refractivity contribution in [2.45, 2.75) is 17.4 Å². The minimum atomic E-state index is -0.137. The van der Waals surface area contributed by atoms with Crippen molar-refractivity contribution >= 4 is 12.6 Å². The summed E-state index contributed by atoms with van der Waals surface area (Å²) in [6.07, 6.45) is 0.764. The van der Waals surface area contributed by atoms with Gasteiger partial charge in [0.25, 0.3) is 0 Å². The highest BCUT2D eigenvalue weighted by atomic mass is 32.1. The summed E-state index contributed by atoms with van der Waals surface area (Å²) in [6.45, 7) is 2.43. The highest BCUT2D eigenvalue weighted by Gasteiger charge is 2.15. The van der Waals surface area contributed by atoms with E-state index in [0.29, 0.717) is 6.42 Å². The molecule has 1 N–H and O–H groups in total. The van der Waals surface area contributed by atoms with Gasteiger partial charge in [-0.2, -0.15) is 0 Å². The Hall–Kier alpha value is -1.56. The van der Waals surface area contributed by atoms with Crippen molar-refractivity contribution in [1.82, 2.24) is 5.32 Å². The molecular formula is C18H22FNO2S. The number of ether oxygens (including phenoxy) is 2. The highest BCUT2D eigenvalue weighted by Crippen LogP contribution is 2.19. The van der Waals surface area contributed by atoms with Crippen LogP contribution in [0.4, 0.5) is 4.39 Å². The molecule has 0 aliphatic carbocycles. The number of rotatable bonds is 3. The topological polar surface area (TPSA) is 30.5 Å². The zero-order valence-electron chi connectivity index (χ0n) is 13.2. The van der Waals surface area contributed by atoms with E-state index in [4.69, 9.17) is 9.47 Å². The van der Waals surface area contributed by atoms with E-state index in [2.05, 4.69) is 17.9 Å². The maximum absolute atomic E-state index is 13.3. The zero-order chi connectivity index (χ0) is 16.5. The van der Waals surface area contributed by atoms with Crippen molar-refractivity contribution in [2.24, 2.45) is 0 Å². The summed E-state index contributed by atoms with van der Waals surface area (Å²) in [5.74, 6) is 0.683. The van der Waals surface area contributed by atoms with E-state index in [0.717, 1.165) is 35.9 Å². The Morgan fingerprint density at radius 1 is 1.22 bits per heavy atom. The van der Waals surface area contributed by atoms with Gasteiger partial charge in [-0.05, 0) is 23.8 Å². The van der Waals surface area contributed by atoms with Gasteiger partial charge in [0.15, 0.2) is 0 Å². The first-order valence-corrected chi connectivity index (χ1v) is 8.03. The predicted octanol–water partition coefficient (Wildman–Crippen LogP) is 3.34. The molecule has 3 nitrogen and oxygen atoms in total. The quantitative estimate of drug-likeness (QED) is 0.844. The molecule has 0 aromatic heterocycles. The van der Waals surface area contributed by atoms with Crippen LogP contribution in [0.3, 0.4) is 0 Å². The molecule has 1 unspecified atom stereocenters. The lowest BCUT2D eigenvalue weighted by Crippen LogP contribution is -2.39. The molecule has 0 bridgehead atoms. The number of benzene rings is 2. The van der Waals surface area contributed by atoms with E-state index in [9.17, 15) is 4.39 Å². The smallest absolute Gasteiger partial charge is 0.132 e. The van der Waals surface area contributed by atoms with Gasteiger partial charge >= 0.3 is 0 Å². The number of thiol groups is 1. The Morgan fingerprint density at radius 3 is 2.57 bits per heavy atom. The molecule has 1 heterocycles. The first-order chi connectivity index (χ1) is 11.2. The van der Waals surface area contributed by atoms with Gasteiger partial charge in [0.1, 0.15) is 11.6 Å². The molecule has 2 aromatic rings. The van der Waals surface area contributed by atoms with Crippen molar-refractivity contribution < 1.29 is 13.9 Å². The number of hydrogen-bond donors (Lipinski definition) is 2. The largest absolute Gasteiger partial charge is 0.496 e. The zero-order valence-corrected chi connectivity index (χ0v) is 14.1. The second kappa shape index (κ2) is 9.55. The summed E-state index contributed by atoms with van der Waals surface area (Å²) in [5, 5.41) is 3.23. The number of halogens is 1. The molecule has 0 spiro atoms. The van der Waals surface area contributed by atoms with Crippen LogP contribution < -0.4 is 10.1 Å². The fraction of sp³-hybridized carbons (Fsp3) is 0.333. The molecule has 3 rings (SSSR count). The van der Waals surface area contributed by atoms with Gasteiger partial charge in [-0.15, -0.1) is 12.6 Å². The van der Waals surface area contributed by atoms with Gasteiger partial charge in [-0.1, -0.05) is 30.3 Å². The molecular weight excluding hydrogens is 313 g/mol. The molecule has 0 amide bonds. The van der Waals surface area contributed by atoms with Gasteiger partial charge in [-0.25, -0.2) is 4.39 Å². The summed E-state index contributed by atoms with van der Waals surface area (Å²) in [5.41, 5.74) is 0.737. The van der Waals surface area contributed by atoms with Crippen LogP contribution in [0.5, 0.6) is 5.75 Å². The first-order valence-electron chi connectivity index (χ1n) is 7.58. The van der Waals surface area contributed by atoms with Crippen LogP contribution in [0.15, 0.2) is 53.4 Å².